The van der Waals surface area contributed by atoms with Crippen molar-refractivity contribution in [3.63, 3.8) is 0 Å². The molecule has 0 aliphatic carbocycles. The van der Waals surface area contributed by atoms with Crippen molar-refractivity contribution in [2.45, 2.75) is 37.9 Å². The Morgan fingerprint density at radius 2 is 1.78 bits per heavy atom. The number of sulfonamides is 1. The van der Waals surface area contributed by atoms with E-state index in [1.54, 1.807) is 36.0 Å². The highest BCUT2D eigenvalue weighted by atomic mass is 35.5. The minimum atomic E-state index is -6.12. The number of nitrogens with zero attached hydrogens (tertiary/aromatic N) is 3. The Balaban J connectivity index is 0.00000461. The van der Waals surface area contributed by atoms with E-state index in [9.17, 15) is 34.8 Å². The van der Waals surface area contributed by atoms with Crippen LogP contribution in [0.5, 0.6) is 11.6 Å². The predicted molar refractivity (Wildman–Crippen MR) is 159 cm³/mol. The van der Waals surface area contributed by atoms with Gasteiger partial charge < -0.3 is 15.4 Å². The quantitative estimate of drug-likeness (QED) is 0.173. The molecule has 1 saturated heterocycles. The van der Waals surface area contributed by atoms with Gasteiger partial charge in [-0.2, -0.15) is 22.0 Å². The maximum atomic E-state index is 14.9. The Morgan fingerprint density at radius 1 is 1.02 bits per heavy atom. The van der Waals surface area contributed by atoms with Gasteiger partial charge in [0.25, 0.3) is 0 Å². The van der Waals surface area contributed by atoms with Crippen LogP contribution in [0.2, 0.25) is 0 Å². The van der Waals surface area contributed by atoms with Gasteiger partial charge in [-0.05, 0) is 62.2 Å². The lowest BCUT2D eigenvalue weighted by Crippen LogP contribution is -2.44. The summed E-state index contributed by atoms with van der Waals surface area (Å²) >= 11 is 0. The molecule has 0 amide bonds. The summed E-state index contributed by atoms with van der Waals surface area (Å²) in [6.07, 6.45) is -1.12. The van der Waals surface area contributed by atoms with Crippen LogP contribution in [-0.4, -0.2) is 60.4 Å². The Bertz CT molecular complexity index is 1790. The van der Waals surface area contributed by atoms with Gasteiger partial charge in [0.1, 0.15) is 17.3 Å². The lowest BCUT2D eigenvalue weighted by atomic mass is 10.0. The molecule has 2 aromatic heterocycles. The zero-order valence-corrected chi connectivity index (χ0v) is 25.1. The molecule has 45 heavy (non-hydrogen) atoms. The van der Waals surface area contributed by atoms with Crippen molar-refractivity contribution in [2.75, 3.05) is 28.9 Å². The number of aromatic nitrogens is 3. The van der Waals surface area contributed by atoms with Gasteiger partial charge in [0, 0.05) is 35.8 Å². The first-order valence-corrected chi connectivity index (χ1v) is 15.0. The summed E-state index contributed by atoms with van der Waals surface area (Å²) in [5.41, 5.74) is 0.633. The van der Waals surface area contributed by atoms with E-state index in [1.807, 2.05) is 0 Å². The molecular weight excluding hydrogens is 650 g/mol. The second kappa shape index (κ2) is 13.2. The van der Waals surface area contributed by atoms with E-state index < -0.39 is 39.4 Å². The van der Waals surface area contributed by atoms with Crippen LogP contribution >= 0.6 is 12.4 Å². The number of hydrogen-bond donors (Lipinski definition) is 3. The van der Waals surface area contributed by atoms with Crippen LogP contribution < -0.4 is 20.1 Å². The normalized spacial score (nSPS) is 15.8. The number of aryl methyl sites for hydroxylation is 1. The minimum Gasteiger partial charge on any atom is -0.437 e. The van der Waals surface area contributed by atoms with Crippen LogP contribution in [0.15, 0.2) is 54.9 Å². The molecule has 0 bridgehead atoms. The highest BCUT2D eigenvalue weighted by Crippen LogP contribution is 2.41. The number of hydrogen-bond acceptors (Lipinski definition) is 8. The number of fused-ring (bicyclic) bond motifs is 1. The maximum Gasteiger partial charge on any atom is 0.454 e. The summed E-state index contributed by atoms with van der Waals surface area (Å²) in [6.45, 7) is 3.36. The molecular formula is C28H27ClF6N6O3S. The van der Waals surface area contributed by atoms with E-state index in [0.717, 1.165) is 32.0 Å². The van der Waals surface area contributed by atoms with Crippen molar-refractivity contribution in [3.05, 3.63) is 66.2 Å². The first-order valence-electron chi connectivity index (χ1n) is 13.3. The second-order valence-corrected chi connectivity index (χ2v) is 11.9. The van der Waals surface area contributed by atoms with Crippen molar-refractivity contribution in [3.8, 4) is 22.9 Å². The lowest BCUT2D eigenvalue weighted by Gasteiger charge is -2.23. The Morgan fingerprint density at radius 3 is 2.49 bits per heavy atom. The van der Waals surface area contributed by atoms with Crippen LogP contribution in [0, 0.1) is 12.7 Å². The van der Waals surface area contributed by atoms with Gasteiger partial charge in [-0.15, -0.1) is 12.4 Å². The van der Waals surface area contributed by atoms with Crippen LogP contribution in [0.3, 0.4) is 0 Å². The average Bonchev–Trinajstić information content (AvgIpc) is 2.96. The summed E-state index contributed by atoms with van der Waals surface area (Å²) in [7, 11) is -5.37. The monoisotopic (exact) mass is 676 g/mol. The fourth-order valence-corrected chi connectivity index (χ4v) is 5.94. The van der Waals surface area contributed by atoms with Crippen molar-refractivity contribution >= 4 is 44.8 Å². The third-order valence-corrected chi connectivity index (χ3v) is 8.13. The summed E-state index contributed by atoms with van der Waals surface area (Å²) in [5, 5.41) is 6.60. The van der Waals surface area contributed by atoms with Gasteiger partial charge in [0.2, 0.25) is 21.9 Å². The molecule has 9 nitrogen and oxygen atoms in total. The number of anilines is 2. The fourth-order valence-electron chi connectivity index (χ4n) is 4.71. The van der Waals surface area contributed by atoms with Gasteiger partial charge in [-0.3, -0.25) is 4.72 Å². The molecule has 242 valence electrons. The molecule has 0 radical (unpaired) electrons. The summed E-state index contributed by atoms with van der Waals surface area (Å²) in [5.74, 6) is -8.79. The molecule has 3 heterocycles. The number of benzene rings is 2. The van der Waals surface area contributed by atoms with Gasteiger partial charge in [0.15, 0.2) is 0 Å². The molecule has 2 aromatic carbocycles. The molecule has 0 spiro atoms. The van der Waals surface area contributed by atoms with Crippen LogP contribution in [-0.2, 0) is 10.0 Å². The van der Waals surface area contributed by atoms with E-state index >= 15 is 0 Å². The Hall–Kier alpha value is -3.89. The molecule has 17 heteroatoms. The number of ether oxygens (including phenoxy) is 1. The number of halogens is 7. The second-order valence-electron chi connectivity index (χ2n) is 10.2. The molecule has 1 aliphatic rings. The summed E-state index contributed by atoms with van der Waals surface area (Å²) in [6, 6.07) is 10.0. The Labute approximate surface area is 260 Å². The number of nitrogens with one attached hydrogen (secondary N) is 3. The van der Waals surface area contributed by atoms with Crippen LogP contribution in [0.4, 0.5) is 38.0 Å². The lowest BCUT2D eigenvalue weighted by molar-refractivity contribution is -0.271. The third kappa shape index (κ3) is 7.68. The van der Waals surface area contributed by atoms with E-state index in [1.165, 1.54) is 24.4 Å². The number of piperidine rings is 1. The van der Waals surface area contributed by atoms with Crippen molar-refractivity contribution < 1.29 is 39.5 Å². The van der Waals surface area contributed by atoms with Crippen molar-refractivity contribution in [1.82, 2.24) is 20.3 Å². The SMILES string of the molecule is Cc1ccc2c(NS(=O)(=O)CC(F)(F)C(F)(F)F)c(F)ccc2c1Oc1ncccc1-c1ccnc(NC2CCCNC2)n1.Cl. The molecule has 1 aliphatic heterocycles. The smallest absolute Gasteiger partial charge is 0.437 e. The van der Waals surface area contributed by atoms with E-state index in [-0.39, 0.29) is 40.9 Å². The van der Waals surface area contributed by atoms with Crippen molar-refractivity contribution in [2.24, 2.45) is 0 Å². The third-order valence-electron chi connectivity index (χ3n) is 6.87. The Kier molecular flexibility index (Phi) is 9.99. The van der Waals surface area contributed by atoms with Gasteiger partial charge in [-0.25, -0.2) is 27.8 Å². The number of rotatable bonds is 9. The highest BCUT2D eigenvalue weighted by molar-refractivity contribution is 7.92. The van der Waals surface area contributed by atoms with Crippen LogP contribution in [0.25, 0.3) is 22.0 Å². The first kappa shape index (κ1) is 34.0. The van der Waals surface area contributed by atoms with Gasteiger partial charge in [0.05, 0.1) is 16.9 Å². The predicted octanol–water partition coefficient (Wildman–Crippen LogP) is 6.46. The van der Waals surface area contributed by atoms with Gasteiger partial charge >= 0.3 is 12.1 Å². The molecule has 1 atom stereocenters. The van der Waals surface area contributed by atoms with Crippen molar-refractivity contribution in [1.29, 1.82) is 0 Å². The summed E-state index contributed by atoms with van der Waals surface area (Å²) < 4.78 is 112. The van der Waals surface area contributed by atoms with E-state index in [2.05, 4.69) is 25.6 Å². The molecule has 3 N–H and O–H groups in total. The highest BCUT2D eigenvalue weighted by Gasteiger charge is 2.59. The molecule has 4 aromatic rings. The first-order chi connectivity index (χ1) is 20.7. The van der Waals surface area contributed by atoms with Crippen LogP contribution in [0.1, 0.15) is 18.4 Å². The minimum absolute atomic E-state index is 0. The fraction of sp³-hybridized carbons (Fsp3) is 0.321. The zero-order chi connectivity index (χ0) is 31.7. The standard InChI is InChI=1S/C28H26F6N6O3S.ClH/c1-16-6-7-18-19(8-9-21(29)23(18)40-44(41,42)15-27(30,31)28(32,33)34)24(16)43-25-20(5-3-12-36-25)22-10-13-37-26(39-22)38-17-4-2-11-35-14-17;/h3,5-10,12-13,17,35,40H,2,4,11,14-15H2,1H3,(H,37,38,39);1H. The van der Waals surface area contributed by atoms with Gasteiger partial charge in [-0.1, -0.05) is 12.1 Å². The largest absolute Gasteiger partial charge is 0.454 e. The average molecular weight is 677 g/mol. The molecule has 0 saturated carbocycles. The topological polar surface area (TPSA) is 118 Å². The molecule has 1 unspecified atom stereocenters. The zero-order valence-electron chi connectivity index (χ0n) is 23.5. The molecule has 5 rings (SSSR count). The number of pyridine rings is 1. The van der Waals surface area contributed by atoms with E-state index in [0.29, 0.717) is 22.8 Å². The maximum absolute atomic E-state index is 14.9. The van der Waals surface area contributed by atoms with E-state index in [4.69, 9.17) is 4.74 Å². The summed E-state index contributed by atoms with van der Waals surface area (Å²) in [4.78, 5) is 13.2. The number of alkyl halides is 5. The molecule has 1 fully saturated rings.